The predicted octanol–water partition coefficient (Wildman–Crippen LogP) is -2.39. The number of imidazole rings is 2. The smallest absolute Gasteiger partial charge is 0.387 e. The second kappa shape index (κ2) is 7.02. The van der Waals surface area contributed by atoms with E-state index in [9.17, 15) is 24.5 Å². The molecular weight excluding hydrogens is 409 g/mol. The fraction of sp³-hybridized carbons (Fsp3) is 0.429. The zero-order valence-corrected chi connectivity index (χ0v) is 16.0. The summed E-state index contributed by atoms with van der Waals surface area (Å²) < 4.78 is 26.6. The molecule has 5 atom stereocenters. The number of nitrogens with two attached hydrogens (primary N) is 1. The van der Waals surface area contributed by atoms with Crippen molar-refractivity contribution in [2.24, 2.45) is 7.05 Å². The van der Waals surface area contributed by atoms with Crippen LogP contribution in [0.15, 0.2) is 29.8 Å². The molecule has 1 fully saturated rings. The summed E-state index contributed by atoms with van der Waals surface area (Å²) in [4.78, 5) is 32.2. The van der Waals surface area contributed by atoms with E-state index in [2.05, 4.69) is 15.0 Å². The van der Waals surface area contributed by atoms with Gasteiger partial charge in [0.25, 0.3) is 11.5 Å². The van der Waals surface area contributed by atoms with Gasteiger partial charge in [0.15, 0.2) is 6.33 Å². The molecule has 0 saturated carbocycles. The minimum Gasteiger partial charge on any atom is -0.387 e. The quantitative estimate of drug-likeness (QED) is 0.216. The maximum absolute atomic E-state index is 12.2. The Morgan fingerprint density at radius 2 is 2.21 bits per heavy atom. The summed E-state index contributed by atoms with van der Waals surface area (Å²) in [6.07, 6.45) is 0.0258. The standard InChI is InChI=1S/C14H18N7O7P/c1-19-6-21(11-8(19)12(24)18-14(15)17-11)13-10(23)9(22)7(28-13)4-27-29(25,26)20-3-2-16-5-20/h2-3,5-7,9-10,13,22-23H,4H2,1H3,(H3-,15,17,18,24,25,26)/p+1/t7-,9-,10-,13-/m1/s1. The molecule has 15 heteroatoms. The van der Waals surface area contributed by atoms with E-state index < -0.39 is 44.5 Å². The summed E-state index contributed by atoms with van der Waals surface area (Å²) in [6, 6.07) is 0. The lowest BCUT2D eigenvalue weighted by Gasteiger charge is -2.17. The fourth-order valence-electron chi connectivity index (χ4n) is 3.19. The van der Waals surface area contributed by atoms with E-state index in [-0.39, 0.29) is 17.1 Å². The number of rotatable bonds is 5. The highest BCUT2D eigenvalue weighted by atomic mass is 31.2. The number of aromatic amines is 1. The zero-order chi connectivity index (χ0) is 20.9. The third-order valence-corrected chi connectivity index (χ3v) is 5.90. The Balaban J connectivity index is 1.59. The third kappa shape index (κ3) is 3.35. The molecule has 3 aromatic rings. The molecule has 0 radical (unpaired) electrons. The summed E-state index contributed by atoms with van der Waals surface area (Å²) in [5.41, 5.74) is 5.44. The monoisotopic (exact) mass is 428 g/mol. The maximum Gasteiger partial charge on any atom is 0.437 e. The number of hydrogen-bond donors (Lipinski definition) is 5. The second-order valence-electron chi connectivity index (χ2n) is 6.53. The largest absolute Gasteiger partial charge is 0.437 e. The number of nitrogen functional groups attached to an aromatic ring is 1. The molecule has 1 aliphatic heterocycles. The first kappa shape index (κ1) is 19.7. The van der Waals surface area contributed by atoms with Crippen molar-refractivity contribution in [1.29, 1.82) is 0 Å². The van der Waals surface area contributed by atoms with Crippen LogP contribution in [0.1, 0.15) is 6.23 Å². The molecule has 0 aromatic carbocycles. The van der Waals surface area contributed by atoms with Crippen molar-refractivity contribution < 1.29 is 33.5 Å². The van der Waals surface area contributed by atoms with Crippen molar-refractivity contribution in [3.05, 3.63) is 35.4 Å². The van der Waals surface area contributed by atoms with Crippen molar-refractivity contribution in [3.63, 3.8) is 0 Å². The van der Waals surface area contributed by atoms with Gasteiger partial charge < -0.3 is 25.6 Å². The van der Waals surface area contributed by atoms with Gasteiger partial charge in [0.1, 0.15) is 24.6 Å². The van der Waals surface area contributed by atoms with E-state index >= 15 is 0 Å². The predicted molar refractivity (Wildman–Crippen MR) is 95.3 cm³/mol. The molecule has 0 amide bonds. The Morgan fingerprint density at radius 3 is 2.90 bits per heavy atom. The van der Waals surface area contributed by atoms with Crippen LogP contribution in [-0.4, -0.2) is 63.9 Å². The molecule has 3 aromatic heterocycles. The average Bonchev–Trinajstić information content (AvgIpc) is 3.35. The molecule has 1 unspecified atom stereocenters. The molecule has 29 heavy (non-hydrogen) atoms. The number of nitrogens with zero attached hydrogens (tertiary/aromatic N) is 5. The van der Waals surface area contributed by atoms with Crippen LogP contribution in [0.5, 0.6) is 0 Å². The van der Waals surface area contributed by atoms with E-state index in [0.717, 1.165) is 10.7 Å². The SMILES string of the molecule is Cn1c[n+]([C@@H]2O[C@H](COP(=O)(O)n3ccnc3)[C@@H](O)[C@H]2O)c2nc(N)[nH]c(=O)c21. The molecule has 1 saturated heterocycles. The van der Waals surface area contributed by atoms with Gasteiger partial charge in [-0.3, -0.25) is 18.9 Å². The van der Waals surface area contributed by atoms with Crippen LogP contribution in [-0.2, 0) is 20.9 Å². The van der Waals surface area contributed by atoms with Crippen LogP contribution in [0.4, 0.5) is 5.95 Å². The van der Waals surface area contributed by atoms with E-state index in [0.29, 0.717) is 0 Å². The number of aryl methyl sites for hydroxylation is 1. The minimum atomic E-state index is -4.24. The molecule has 0 spiro atoms. The van der Waals surface area contributed by atoms with E-state index in [1.165, 1.54) is 27.9 Å². The Bertz CT molecular complexity index is 1140. The van der Waals surface area contributed by atoms with E-state index in [4.69, 9.17) is 15.0 Å². The van der Waals surface area contributed by atoms with Crippen molar-refractivity contribution in [2.75, 3.05) is 12.3 Å². The number of H-pyrrole nitrogens is 1. The van der Waals surface area contributed by atoms with Gasteiger partial charge in [-0.2, -0.15) is 0 Å². The van der Waals surface area contributed by atoms with E-state index in [1.54, 1.807) is 7.05 Å². The van der Waals surface area contributed by atoms with Crippen LogP contribution >= 0.6 is 7.75 Å². The number of fused-ring (bicyclic) bond motifs is 1. The Labute approximate surface area is 162 Å². The first-order chi connectivity index (χ1) is 13.7. The van der Waals surface area contributed by atoms with Crippen molar-refractivity contribution in [2.45, 2.75) is 24.5 Å². The Morgan fingerprint density at radius 1 is 1.45 bits per heavy atom. The number of aromatic nitrogens is 6. The Hall–Kier alpha value is -2.61. The molecular formula is C14H19N7O7P+. The van der Waals surface area contributed by atoms with Crippen molar-refractivity contribution in [1.82, 2.24) is 23.9 Å². The van der Waals surface area contributed by atoms with Crippen LogP contribution in [0.3, 0.4) is 0 Å². The zero-order valence-electron chi connectivity index (χ0n) is 15.1. The van der Waals surface area contributed by atoms with Crippen molar-refractivity contribution in [3.8, 4) is 0 Å². The second-order valence-corrected chi connectivity index (χ2v) is 8.23. The van der Waals surface area contributed by atoms with Crippen molar-refractivity contribution >= 4 is 24.9 Å². The lowest BCUT2D eigenvalue weighted by atomic mass is 10.1. The molecule has 14 nitrogen and oxygen atoms in total. The van der Waals surface area contributed by atoms with Gasteiger partial charge in [-0.15, -0.1) is 0 Å². The molecule has 6 N–H and O–H groups in total. The molecule has 1 aliphatic rings. The van der Waals surface area contributed by atoms with Gasteiger partial charge >= 0.3 is 13.4 Å². The van der Waals surface area contributed by atoms with E-state index in [1.807, 2.05) is 0 Å². The number of aliphatic hydroxyl groups excluding tert-OH is 2. The summed E-state index contributed by atoms with van der Waals surface area (Å²) in [5.74, 6) is -0.128. The summed E-state index contributed by atoms with van der Waals surface area (Å²) in [7, 11) is -2.64. The summed E-state index contributed by atoms with van der Waals surface area (Å²) >= 11 is 0. The van der Waals surface area contributed by atoms with Gasteiger partial charge in [-0.05, 0) is 0 Å². The minimum absolute atomic E-state index is 0.128. The van der Waals surface area contributed by atoms with Crippen LogP contribution < -0.4 is 15.9 Å². The first-order valence-corrected chi connectivity index (χ1v) is 9.96. The highest BCUT2D eigenvalue weighted by Gasteiger charge is 2.47. The average molecular weight is 428 g/mol. The number of hydrogen-bond acceptors (Lipinski definition) is 9. The lowest BCUT2D eigenvalue weighted by Crippen LogP contribution is -2.46. The van der Waals surface area contributed by atoms with Gasteiger partial charge in [-0.25, -0.2) is 18.5 Å². The normalized spacial score (nSPS) is 26.8. The highest BCUT2D eigenvalue weighted by Crippen LogP contribution is 2.44. The lowest BCUT2D eigenvalue weighted by molar-refractivity contribution is -0.745. The number of nitrogens with one attached hydrogen (secondary N) is 1. The fourth-order valence-corrected chi connectivity index (χ4v) is 4.08. The van der Waals surface area contributed by atoms with Gasteiger partial charge in [0.05, 0.1) is 13.7 Å². The number of anilines is 1. The Kier molecular flexibility index (Phi) is 4.77. The van der Waals surface area contributed by atoms with Gasteiger partial charge in [-0.1, -0.05) is 4.98 Å². The third-order valence-electron chi connectivity index (χ3n) is 4.59. The first-order valence-electron chi connectivity index (χ1n) is 8.43. The van der Waals surface area contributed by atoms with Crippen LogP contribution in [0.25, 0.3) is 11.2 Å². The van der Waals surface area contributed by atoms with Gasteiger partial charge in [0, 0.05) is 12.4 Å². The molecule has 4 rings (SSSR count). The van der Waals surface area contributed by atoms with Gasteiger partial charge in [0.2, 0.25) is 11.7 Å². The molecule has 0 bridgehead atoms. The number of ether oxygens (including phenoxy) is 1. The van der Waals surface area contributed by atoms with Crippen LogP contribution in [0, 0.1) is 0 Å². The molecule has 4 heterocycles. The summed E-state index contributed by atoms with van der Waals surface area (Å²) in [6.45, 7) is -0.484. The highest BCUT2D eigenvalue weighted by molar-refractivity contribution is 7.51. The van der Waals surface area contributed by atoms with Crippen LogP contribution in [0.2, 0.25) is 0 Å². The molecule has 0 aliphatic carbocycles. The topological polar surface area (TPSA) is 195 Å². The maximum atomic E-state index is 12.2. The molecule has 156 valence electrons. The number of aliphatic hydroxyl groups is 2. The summed E-state index contributed by atoms with van der Waals surface area (Å²) in [5, 5.41) is 20.8.